The highest BCUT2D eigenvalue weighted by Gasteiger charge is 1.92. The maximum atomic E-state index is 10.7. The SMILES string of the molecule is CCCCCCCCC/C=C(\[O-])C(=O)O. The summed E-state index contributed by atoms with van der Waals surface area (Å²) in [5.74, 6) is -2.13. The normalized spacial score (nSPS) is 11.7. The summed E-state index contributed by atoms with van der Waals surface area (Å²) < 4.78 is 0. The molecule has 0 radical (unpaired) electrons. The Morgan fingerprint density at radius 1 is 1.13 bits per heavy atom. The van der Waals surface area contributed by atoms with E-state index in [2.05, 4.69) is 6.92 Å². The third-order valence-corrected chi connectivity index (χ3v) is 2.35. The number of rotatable bonds is 9. The van der Waals surface area contributed by atoms with Gasteiger partial charge in [0.2, 0.25) is 0 Å². The summed E-state index contributed by atoms with van der Waals surface area (Å²) in [5, 5.41) is 19.0. The maximum Gasteiger partial charge on any atom is 0.320 e. The van der Waals surface area contributed by atoms with Crippen molar-refractivity contribution in [1.82, 2.24) is 0 Å². The minimum absolute atomic E-state index is 0.596. The van der Waals surface area contributed by atoms with Crippen LogP contribution >= 0.6 is 0 Å². The Morgan fingerprint density at radius 3 is 2.20 bits per heavy atom. The van der Waals surface area contributed by atoms with E-state index in [4.69, 9.17) is 5.11 Å². The summed E-state index contributed by atoms with van der Waals surface area (Å²) in [5.41, 5.74) is 0. The van der Waals surface area contributed by atoms with Crippen LogP contribution in [0.25, 0.3) is 0 Å². The summed E-state index contributed by atoms with van der Waals surface area (Å²) in [6.07, 6.45) is 10.2. The van der Waals surface area contributed by atoms with Gasteiger partial charge in [0.05, 0.1) is 0 Å². The fourth-order valence-electron chi connectivity index (χ4n) is 1.42. The van der Waals surface area contributed by atoms with Crippen LogP contribution in [0.5, 0.6) is 0 Å². The van der Waals surface area contributed by atoms with E-state index >= 15 is 0 Å². The first-order chi connectivity index (χ1) is 7.18. The molecule has 3 nitrogen and oxygen atoms in total. The van der Waals surface area contributed by atoms with Crippen LogP contribution in [-0.2, 0) is 4.79 Å². The predicted octanol–water partition coefficient (Wildman–Crippen LogP) is 2.46. The molecule has 0 fully saturated rings. The van der Waals surface area contributed by atoms with Crippen molar-refractivity contribution < 1.29 is 15.0 Å². The fraction of sp³-hybridized carbons (Fsp3) is 0.750. The molecule has 0 atom stereocenters. The Balaban J connectivity index is 3.25. The van der Waals surface area contributed by atoms with Crippen LogP contribution in [0.4, 0.5) is 0 Å². The van der Waals surface area contributed by atoms with Gasteiger partial charge in [-0.25, -0.2) is 4.79 Å². The Bertz CT molecular complexity index is 197. The van der Waals surface area contributed by atoms with E-state index in [-0.39, 0.29) is 0 Å². The van der Waals surface area contributed by atoms with Crippen LogP contribution in [0.2, 0.25) is 0 Å². The molecule has 0 aromatic rings. The molecule has 0 saturated heterocycles. The molecule has 0 aromatic heterocycles. The molecule has 0 aliphatic carbocycles. The Labute approximate surface area is 91.8 Å². The zero-order chi connectivity index (χ0) is 11.5. The first-order valence-corrected chi connectivity index (χ1v) is 5.79. The highest BCUT2D eigenvalue weighted by atomic mass is 16.4. The molecule has 0 bridgehead atoms. The van der Waals surface area contributed by atoms with Gasteiger partial charge in [0.1, 0.15) is 0 Å². The van der Waals surface area contributed by atoms with Gasteiger partial charge >= 0.3 is 5.97 Å². The Kier molecular flexibility index (Phi) is 8.93. The van der Waals surface area contributed by atoms with Gasteiger partial charge in [0, 0.05) is 0 Å². The van der Waals surface area contributed by atoms with Gasteiger partial charge in [-0.3, -0.25) is 0 Å². The monoisotopic (exact) mass is 213 g/mol. The molecule has 0 aliphatic rings. The molecule has 88 valence electrons. The molecule has 0 saturated carbocycles. The highest BCUT2D eigenvalue weighted by molar-refractivity contribution is 5.82. The molecule has 0 aliphatic heterocycles. The topological polar surface area (TPSA) is 60.4 Å². The van der Waals surface area contributed by atoms with Gasteiger partial charge in [-0.2, -0.15) is 0 Å². The average Bonchev–Trinajstić information content (AvgIpc) is 2.21. The van der Waals surface area contributed by atoms with Crippen molar-refractivity contribution in [1.29, 1.82) is 0 Å². The summed E-state index contributed by atoms with van der Waals surface area (Å²) in [4.78, 5) is 10.2. The van der Waals surface area contributed by atoms with Crippen LogP contribution in [0.3, 0.4) is 0 Å². The summed E-state index contributed by atoms with van der Waals surface area (Å²) in [6, 6.07) is 0. The van der Waals surface area contributed by atoms with Gasteiger partial charge in [0.15, 0.2) is 0 Å². The van der Waals surface area contributed by atoms with Gasteiger partial charge in [-0.05, 0) is 18.6 Å². The fourth-order valence-corrected chi connectivity index (χ4v) is 1.42. The predicted molar refractivity (Wildman–Crippen MR) is 58.3 cm³/mol. The van der Waals surface area contributed by atoms with Gasteiger partial charge in [0.25, 0.3) is 0 Å². The molecule has 15 heavy (non-hydrogen) atoms. The number of carboxylic acid groups (broad SMARTS) is 1. The van der Waals surface area contributed by atoms with Crippen molar-refractivity contribution in [3.63, 3.8) is 0 Å². The van der Waals surface area contributed by atoms with Crippen LogP contribution in [0.15, 0.2) is 11.8 Å². The number of allylic oxidation sites excluding steroid dienone is 1. The van der Waals surface area contributed by atoms with Crippen molar-refractivity contribution in [2.24, 2.45) is 0 Å². The van der Waals surface area contributed by atoms with E-state index in [1.165, 1.54) is 38.2 Å². The third kappa shape index (κ3) is 9.32. The Hall–Kier alpha value is -0.990. The van der Waals surface area contributed by atoms with Crippen molar-refractivity contribution in [3.05, 3.63) is 11.8 Å². The quantitative estimate of drug-likeness (QED) is 0.363. The van der Waals surface area contributed by atoms with Crippen molar-refractivity contribution in [2.45, 2.75) is 58.3 Å². The van der Waals surface area contributed by atoms with Crippen molar-refractivity contribution in [2.75, 3.05) is 0 Å². The van der Waals surface area contributed by atoms with E-state index in [1.807, 2.05) is 0 Å². The molecule has 0 spiro atoms. The number of hydrogen-bond donors (Lipinski definition) is 1. The van der Waals surface area contributed by atoms with E-state index < -0.39 is 11.7 Å². The lowest BCUT2D eigenvalue weighted by molar-refractivity contribution is -0.303. The number of carbonyl (C=O) groups is 1. The molecular formula is C12H21O3-. The van der Waals surface area contributed by atoms with Crippen LogP contribution in [-0.4, -0.2) is 11.1 Å². The van der Waals surface area contributed by atoms with Crippen LogP contribution < -0.4 is 5.11 Å². The largest absolute Gasteiger partial charge is 0.868 e. The molecule has 0 unspecified atom stereocenters. The second-order valence-electron chi connectivity index (χ2n) is 3.78. The molecule has 1 N–H and O–H groups in total. The first-order valence-electron chi connectivity index (χ1n) is 5.79. The highest BCUT2D eigenvalue weighted by Crippen LogP contribution is 2.08. The van der Waals surface area contributed by atoms with E-state index in [1.54, 1.807) is 0 Å². The average molecular weight is 213 g/mol. The first kappa shape index (κ1) is 14.0. The van der Waals surface area contributed by atoms with Crippen LogP contribution in [0, 0.1) is 0 Å². The Morgan fingerprint density at radius 2 is 1.67 bits per heavy atom. The number of aliphatic carboxylic acids is 1. The van der Waals surface area contributed by atoms with E-state index in [9.17, 15) is 9.90 Å². The molecule has 3 heteroatoms. The maximum absolute atomic E-state index is 10.7. The summed E-state index contributed by atoms with van der Waals surface area (Å²) in [7, 11) is 0. The summed E-state index contributed by atoms with van der Waals surface area (Å²) in [6.45, 7) is 2.19. The summed E-state index contributed by atoms with van der Waals surface area (Å²) >= 11 is 0. The van der Waals surface area contributed by atoms with Crippen molar-refractivity contribution >= 4 is 5.97 Å². The second kappa shape index (κ2) is 9.56. The molecule has 0 aromatic carbocycles. The number of unbranched alkanes of at least 4 members (excludes halogenated alkanes) is 7. The third-order valence-electron chi connectivity index (χ3n) is 2.35. The molecule has 0 rings (SSSR count). The van der Waals surface area contributed by atoms with Gasteiger partial charge in [-0.15, -0.1) is 0 Å². The molecule has 0 amide bonds. The van der Waals surface area contributed by atoms with Crippen molar-refractivity contribution in [3.8, 4) is 0 Å². The van der Waals surface area contributed by atoms with Gasteiger partial charge < -0.3 is 10.2 Å². The zero-order valence-corrected chi connectivity index (χ0v) is 9.50. The lowest BCUT2D eigenvalue weighted by atomic mass is 10.1. The number of carboxylic acids is 1. The smallest absolute Gasteiger partial charge is 0.320 e. The lowest BCUT2D eigenvalue weighted by Gasteiger charge is -2.04. The molecule has 0 heterocycles. The van der Waals surface area contributed by atoms with Crippen LogP contribution in [0.1, 0.15) is 58.3 Å². The lowest BCUT2D eigenvalue weighted by Crippen LogP contribution is -2.13. The van der Waals surface area contributed by atoms with Gasteiger partial charge in [-0.1, -0.05) is 51.5 Å². The van der Waals surface area contributed by atoms with E-state index in [0.29, 0.717) is 6.42 Å². The van der Waals surface area contributed by atoms with E-state index in [0.717, 1.165) is 12.8 Å². The minimum atomic E-state index is -1.35. The zero-order valence-electron chi connectivity index (χ0n) is 9.50. The standard InChI is InChI=1S/C12H22O3/c1-2-3-4-5-6-7-8-9-10-11(13)12(14)15/h10,13H,2-9H2,1H3,(H,14,15)/p-1/b11-10-. The molecular weight excluding hydrogens is 192 g/mol. The number of hydrogen-bond acceptors (Lipinski definition) is 2. The second-order valence-corrected chi connectivity index (χ2v) is 3.78. The minimum Gasteiger partial charge on any atom is -0.868 e.